The summed E-state index contributed by atoms with van der Waals surface area (Å²) in [6.07, 6.45) is 7.79. The van der Waals surface area contributed by atoms with E-state index in [2.05, 4.69) is 90.8 Å². The number of hydrogen-bond donors (Lipinski definition) is 2. The lowest BCUT2D eigenvalue weighted by molar-refractivity contribution is 0.497. The number of piperazine rings is 1. The zero-order valence-electron chi connectivity index (χ0n) is 19.8. The van der Waals surface area contributed by atoms with Crippen LogP contribution in [0.1, 0.15) is 23.6 Å². The Kier molecular flexibility index (Phi) is 5.46. The van der Waals surface area contributed by atoms with Crippen LogP contribution in [0.15, 0.2) is 61.4 Å². The van der Waals surface area contributed by atoms with Gasteiger partial charge >= 0.3 is 0 Å². The molecule has 9 nitrogen and oxygen atoms in total. The normalized spacial score (nSPS) is 16.2. The minimum absolute atomic E-state index is 0.385. The smallest absolute Gasteiger partial charge is 0.155 e. The second-order valence-corrected chi connectivity index (χ2v) is 9.07. The molecule has 0 radical (unpaired) electrons. The van der Waals surface area contributed by atoms with Gasteiger partial charge in [-0.15, -0.1) is 0 Å². The first-order valence-corrected chi connectivity index (χ1v) is 11.9. The van der Waals surface area contributed by atoms with Crippen LogP contribution in [0.3, 0.4) is 0 Å². The highest BCUT2D eigenvalue weighted by molar-refractivity contribution is 5.91. The van der Waals surface area contributed by atoms with E-state index in [1.54, 1.807) is 17.2 Å². The number of anilines is 3. The molecule has 5 aromatic rings. The molecule has 0 saturated carbocycles. The van der Waals surface area contributed by atoms with E-state index in [0.717, 1.165) is 59.9 Å². The Morgan fingerprint density at radius 3 is 2.89 bits per heavy atom. The van der Waals surface area contributed by atoms with E-state index in [1.165, 1.54) is 16.7 Å². The lowest BCUT2D eigenvalue weighted by atomic mass is 10.0. The highest BCUT2D eigenvalue weighted by Gasteiger charge is 2.20. The van der Waals surface area contributed by atoms with Crippen molar-refractivity contribution in [2.45, 2.75) is 26.3 Å². The molecule has 4 aromatic heterocycles. The topological polar surface area (TPSA) is 96.2 Å². The summed E-state index contributed by atoms with van der Waals surface area (Å²) in [6.45, 7) is 7.20. The maximum atomic E-state index is 4.68. The number of fused-ring (bicyclic) bond motifs is 2. The molecule has 1 atom stereocenters. The summed E-state index contributed by atoms with van der Waals surface area (Å²) in [5.74, 6) is 1.74. The Balaban J connectivity index is 1.26. The van der Waals surface area contributed by atoms with Crippen molar-refractivity contribution in [3.8, 4) is 0 Å². The van der Waals surface area contributed by atoms with E-state index < -0.39 is 0 Å². The second-order valence-electron chi connectivity index (χ2n) is 9.07. The van der Waals surface area contributed by atoms with Gasteiger partial charge in [0.15, 0.2) is 5.65 Å². The van der Waals surface area contributed by atoms with Crippen molar-refractivity contribution < 1.29 is 0 Å². The molecule has 2 N–H and O–H groups in total. The number of aromatic nitrogens is 6. The molecule has 9 heteroatoms. The molecule has 0 amide bonds. The van der Waals surface area contributed by atoms with Gasteiger partial charge in [-0.05, 0) is 67.3 Å². The number of nitrogens with zero attached hydrogens (tertiary/aromatic N) is 7. The van der Waals surface area contributed by atoms with Gasteiger partial charge in [0.1, 0.15) is 24.3 Å². The predicted molar refractivity (Wildman–Crippen MR) is 137 cm³/mol. The van der Waals surface area contributed by atoms with Gasteiger partial charge in [0.2, 0.25) is 0 Å². The van der Waals surface area contributed by atoms with Gasteiger partial charge in [0.25, 0.3) is 0 Å². The number of benzene rings is 1. The molecule has 1 aliphatic rings. The number of nitrogens with one attached hydrogen (secondary N) is 2. The van der Waals surface area contributed by atoms with Gasteiger partial charge in [-0.2, -0.15) is 5.10 Å². The van der Waals surface area contributed by atoms with Crippen molar-refractivity contribution in [3.63, 3.8) is 0 Å². The second kappa shape index (κ2) is 8.92. The average Bonchev–Trinajstić information content (AvgIpc) is 3.34. The highest BCUT2D eigenvalue weighted by atomic mass is 15.3. The molecular formula is C26H27N9. The van der Waals surface area contributed by atoms with Crippen molar-refractivity contribution in [2.24, 2.45) is 0 Å². The van der Waals surface area contributed by atoms with Crippen molar-refractivity contribution in [3.05, 3.63) is 78.1 Å². The van der Waals surface area contributed by atoms with Crippen molar-refractivity contribution >= 4 is 33.9 Å². The van der Waals surface area contributed by atoms with Crippen LogP contribution >= 0.6 is 0 Å². The molecule has 1 saturated heterocycles. The molecule has 0 bridgehead atoms. The van der Waals surface area contributed by atoms with E-state index in [4.69, 9.17) is 0 Å². The van der Waals surface area contributed by atoms with Crippen LogP contribution in [-0.4, -0.2) is 55.2 Å². The largest absolute Gasteiger partial charge is 0.351 e. The quantitative estimate of drug-likeness (QED) is 0.407. The van der Waals surface area contributed by atoms with E-state index >= 15 is 0 Å². The third kappa shape index (κ3) is 4.26. The monoisotopic (exact) mass is 465 g/mol. The zero-order chi connectivity index (χ0) is 23.8. The fraction of sp³-hybridized carbons (Fsp3) is 0.269. The van der Waals surface area contributed by atoms with Crippen LogP contribution in [0.4, 0.5) is 17.3 Å². The van der Waals surface area contributed by atoms with Gasteiger partial charge in [-0.25, -0.2) is 24.5 Å². The number of hydrogen-bond acceptors (Lipinski definition) is 8. The van der Waals surface area contributed by atoms with Crippen LogP contribution in [0.2, 0.25) is 0 Å². The van der Waals surface area contributed by atoms with Crippen molar-refractivity contribution in [1.29, 1.82) is 0 Å². The molecule has 176 valence electrons. The van der Waals surface area contributed by atoms with Crippen LogP contribution in [0, 0.1) is 6.92 Å². The third-order valence-electron chi connectivity index (χ3n) is 6.65. The van der Waals surface area contributed by atoms with Gasteiger partial charge in [0.05, 0.1) is 11.7 Å². The Bertz CT molecular complexity index is 1510. The summed E-state index contributed by atoms with van der Waals surface area (Å²) in [5, 5.41) is 12.1. The fourth-order valence-corrected chi connectivity index (χ4v) is 4.68. The molecule has 0 spiro atoms. The number of rotatable bonds is 5. The van der Waals surface area contributed by atoms with Crippen LogP contribution < -0.4 is 15.5 Å². The highest BCUT2D eigenvalue weighted by Crippen LogP contribution is 2.28. The van der Waals surface area contributed by atoms with Gasteiger partial charge in [-0.1, -0.05) is 6.07 Å². The molecule has 1 unspecified atom stereocenters. The average molecular weight is 466 g/mol. The van der Waals surface area contributed by atoms with E-state index in [9.17, 15) is 0 Å². The summed E-state index contributed by atoms with van der Waals surface area (Å²) in [5.41, 5.74) is 6.37. The van der Waals surface area contributed by atoms with E-state index in [0.29, 0.717) is 6.04 Å². The lowest BCUT2D eigenvalue weighted by Crippen LogP contribution is -2.50. The van der Waals surface area contributed by atoms with Crippen molar-refractivity contribution in [2.75, 3.05) is 29.9 Å². The molecule has 0 aliphatic carbocycles. The third-order valence-corrected chi connectivity index (χ3v) is 6.65. The van der Waals surface area contributed by atoms with Crippen LogP contribution in [-0.2, 0) is 6.42 Å². The molecule has 6 rings (SSSR count). The lowest BCUT2D eigenvalue weighted by Gasteiger charge is -2.35. The van der Waals surface area contributed by atoms with E-state index in [-0.39, 0.29) is 0 Å². The minimum Gasteiger partial charge on any atom is -0.351 e. The summed E-state index contributed by atoms with van der Waals surface area (Å²) >= 11 is 0. The Hall–Kier alpha value is -4.11. The fourth-order valence-electron chi connectivity index (χ4n) is 4.68. The molecular weight excluding hydrogens is 438 g/mol. The number of aryl methyl sites for hydroxylation is 1. The summed E-state index contributed by atoms with van der Waals surface area (Å²) < 4.78 is 1.78. The number of pyridine rings is 2. The zero-order valence-corrected chi connectivity index (χ0v) is 19.8. The Labute approximate surface area is 203 Å². The molecule has 1 aromatic carbocycles. The Morgan fingerprint density at radius 1 is 1.06 bits per heavy atom. The maximum Gasteiger partial charge on any atom is 0.155 e. The van der Waals surface area contributed by atoms with Crippen LogP contribution in [0.5, 0.6) is 0 Å². The predicted octanol–water partition coefficient (Wildman–Crippen LogP) is 3.51. The SMILES string of the molecule is Cc1cc(Nc2ncnc3cnc(N4CCNCC4C)cc23)ccc1Cc1ccn2ncnc2c1. The maximum absolute atomic E-state index is 4.68. The van der Waals surface area contributed by atoms with Gasteiger partial charge < -0.3 is 15.5 Å². The molecule has 1 fully saturated rings. The standard InChI is InChI=1S/C26H27N9/c1-17-9-21(4-3-20(17)10-19-5-7-35-25(11-19)30-16-32-35)33-26-22-12-24(28-14-23(22)29-15-31-26)34-8-6-27-13-18(34)2/h3-5,7,9,11-12,14-16,18,27H,6,8,10,13H2,1-2H3,(H,29,31,33). The van der Waals surface area contributed by atoms with Crippen LogP contribution in [0.25, 0.3) is 16.6 Å². The molecule has 5 heterocycles. The molecule has 35 heavy (non-hydrogen) atoms. The van der Waals surface area contributed by atoms with Crippen molar-refractivity contribution in [1.82, 2.24) is 34.9 Å². The first-order valence-electron chi connectivity index (χ1n) is 11.9. The summed E-state index contributed by atoms with van der Waals surface area (Å²) in [7, 11) is 0. The summed E-state index contributed by atoms with van der Waals surface area (Å²) in [4.78, 5) is 20.3. The molecule has 1 aliphatic heterocycles. The van der Waals surface area contributed by atoms with E-state index in [1.807, 2.05) is 12.4 Å². The van der Waals surface area contributed by atoms with Gasteiger partial charge in [0, 0.05) is 42.9 Å². The summed E-state index contributed by atoms with van der Waals surface area (Å²) in [6, 6.07) is 13.1. The minimum atomic E-state index is 0.385. The first kappa shape index (κ1) is 21.4. The first-order chi connectivity index (χ1) is 17.1. The Morgan fingerprint density at radius 2 is 2.00 bits per heavy atom. The van der Waals surface area contributed by atoms with Gasteiger partial charge in [-0.3, -0.25) is 0 Å².